The van der Waals surface area contributed by atoms with Gasteiger partial charge in [0.2, 0.25) is 5.91 Å². The maximum atomic E-state index is 12.9. The second-order valence-corrected chi connectivity index (χ2v) is 7.78. The molecule has 0 radical (unpaired) electrons. The van der Waals surface area contributed by atoms with E-state index in [1.165, 1.54) is 19.3 Å². The van der Waals surface area contributed by atoms with Crippen LogP contribution in [0, 0.1) is 5.92 Å². The number of nitrogens with zero attached hydrogens (tertiary/aromatic N) is 2. The number of carbonyl (C=O) groups is 2. The van der Waals surface area contributed by atoms with Gasteiger partial charge in [0.05, 0.1) is 5.69 Å². The van der Waals surface area contributed by atoms with Crippen LogP contribution in [-0.2, 0) is 9.59 Å². The summed E-state index contributed by atoms with van der Waals surface area (Å²) in [6.45, 7) is 0.933. The van der Waals surface area contributed by atoms with Gasteiger partial charge in [-0.2, -0.15) is 0 Å². The highest BCUT2D eigenvalue weighted by atomic mass is 79.9. The number of rotatable bonds is 2. The number of halogens is 1. The van der Waals surface area contributed by atoms with E-state index in [0.29, 0.717) is 23.4 Å². The molecule has 6 heteroatoms. The van der Waals surface area contributed by atoms with Crippen LogP contribution in [0.1, 0.15) is 32.1 Å². The van der Waals surface area contributed by atoms with Gasteiger partial charge in [0.15, 0.2) is 6.61 Å². The summed E-state index contributed by atoms with van der Waals surface area (Å²) in [7, 11) is 0. The average molecular weight is 393 g/mol. The first-order valence-corrected chi connectivity index (χ1v) is 9.45. The lowest BCUT2D eigenvalue weighted by atomic mass is 9.85. The average Bonchev–Trinajstić information content (AvgIpc) is 3.01. The van der Waals surface area contributed by atoms with Crippen LogP contribution in [-0.4, -0.2) is 42.5 Å². The Balaban J connectivity index is 1.52. The molecule has 2 atom stereocenters. The van der Waals surface area contributed by atoms with E-state index in [0.717, 1.165) is 23.9 Å². The maximum absolute atomic E-state index is 12.9. The number of hydrogen-bond donors (Lipinski definition) is 0. The molecule has 24 heavy (non-hydrogen) atoms. The quantitative estimate of drug-likeness (QED) is 0.777. The topological polar surface area (TPSA) is 49.9 Å². The number of carbonyl (C=O) groups excluding carboxylic acids is 2. The van der Waals surface area contributed by atoms with E-state index in [1.54, 1.807) is 4.90 Å². The molecule has 128 valence electrons. The number of anilines is 1. The summed E-state index contributed by atoms with van der Waals surface area (Å²) in [6.07, 6.45) is 5.95. The fourth-order valence-electron chi connectivity index (χ4n) is 4.29. The summed E-state index contributed by atoms with van der Waals surface area (Å²) in [5.74, 6) is 1.21. The van der Waals surface area contributed by atoms with Gasteiger partial charge >= 0.3 is 0 Å². The van der Waals surface area contributed by atoms with Crippen LogP contribution in [0.3, 0.4) is 0 Å². The smallest absolute Gasteiger partial charge is 0.265 e. The second-order valence-electron chi connectivity index (χ2n) is 6.87. The molecule has 1 aliphatic carbocycles. The molecule has 1 aromatic rings. The summed E-state index contributed by atoms with van der Waals surface area (Å²) in [5, 5.41) is 0. The van der Waals surface area contributed by atoms with Gasteiger partial charge in [0.25, 0.3) is 5.91 Å². The Kier molecular flexibility index (Phi) is 4.24. The lowest BCUT2D eigenvalue weighted by Gasteiger charge is -2.34. The van der Waals surface area contributed by atoms with E-state index in [-0.39, 0.29) is 25.0 Å². The molecule has 5 nitrogen and oxygen atoms in total. The number of fused-ring (bicyclic) bond motifs is 2. The minimum absolute atomic E-state index is 0.0111. The number of amides is 2. The van der Waals surface area contributed by atoms with Gasteiger partial charge in [-0.1, -0.05) is 28.8 Å². The molecule has 2 heterocycles. The zero-order chi connectivity index (χ0) is 16.7. The number of ether oxygens (including phenoxy) is 1. The van der Waals surface area contributed by atoms with E-state index in [4.69, 9.17) is 4.74 Å². The molecule has 1 aromatic carbocycles. The van der Waals surface area contributed by atoms with Crippen molar-refractivity contribution in [1.82, 2.24) is 4.90 Å². The largest absolute Gasteiger partial charge is 0.482 e. The Morgan fingerprint density at radius 1 is 1.25 bits per heavy atom. The lowest BCUT2D eigenvalue weighted by molar-refractivity contribution is -0.133. The van der Waals surface area contributed by atoms with Crippen molar-refractivity contribution in [2.45, 2.75) is 38.1 Å². The predicted octanol–water partition coefficient (Wildman–Crippen LogP) is 2.97. The van der Waals surface area contributed by atoms with E-state index in [1.807, 2.05) is 23.1 Å². The number of hydrogen-bond acceptors (Lipinski definition) is 3. The third kappa shape index (κ3) is 2.81. The van der Waals surface area contributed by atoms with Crippen molar-refractivity contribution in [3.63, 3.8) is 0 Å². The predicted molar refractivity (Wildman–Crippen MR) is 94.1 cm³/mol. The SMILES string of the molecule is O=C1COc2cc(Br)ccc2N1CC(=O)N1CCC2CCCCC21. The van der Waals surface area contributed by atoms with Crippen molar-refractivity contribution in [3.8, 4) is 5.75 Å². The standard InChI is InChI=1S/C18H21BrN2O3/c19-13-5-6-15-16(9-13)24-11-18(23)21(15)10-17(22)20-8-7-12-3-1-2-4-14(12)20/h5-6,9,12,14H,1-4,7-8,10-11H2. The molecule has 2 unspecified atom stereocenters. The molecule has 1 saturated carbocycles. The molecule has 2 fully saturated rings. The van der Waals surface area contributed by atoms with Crippen LogP contribution in [0.25, 0.3) is 0 Å². The van der Waals surface area contributed by atoms with Crippen molar-refractivity contribution >= 4 is 33.4 Å². The third-order valence-electron chi connectivity index (χ3n) is 5.49. The molecule has 0 N–H and O–H groups in total. The molecule has 2 aliphatic heterocycles. The van der Waals surface area contributed by atoms with Gasteiger partial charge in [0, 0.05) is 17.1 Å². The summed E-state index contributed by atoms with van der Waals surface area (Å²) in [4.78, 5) is 28.8. The van der Waals surface area contributed by atoms with Crippen LogP contribution in [0.15, 0.2) is 22.7 Å². The Bertz CT molecular complexity index is 678. The van der Waals surface area contributed by atoms with Crippen LogP contribution in [0.2, 0.25) is 0 Å². The fraction of sp³-hybridized carbons (Fsp3) is 0.556. The number of likely N-dealkylation sites (tertiary alicyclic amines) is 1. The zero-order valence-electron chi connectivity index (χ0n) is 13.5. The third-order valence-corrected chi connectivity index (χ3v) is 5.98. The van der Waals surface area contributed by atoms with Crippen molar-refractivity contribution in [1.29, 1.82) is 0 Å². The molecule has 0 aromatic heterocycles. The molecular weight excluding hydrogens is 372 g/mol. The Morgan fingerprint density at radius 3 is 2.96 bits per heavy atom. The Hall–Kier alpha value is -1.56. The lowest BCUT2D eigenvalue weighted by Crippen LogP contribution is -2.48. The molecule has 4 rings (SSSR count). The van der Waals surface area contributed by atoms with Crippen LogP contribution in [0.4, 0.5) is 5.69 Å². The zero-order valence-corrected chi connectivity index (χ0v) is 15.1. The van der Waals surface area contributed by atoms with Gasteiger partial charge in [-0.25, -0.2) is 0 Å². The fourth-order valence-corrected chi connectivity index (χ4v) is 4.63. The van der Waals surface area contributed by atoms with Crippen LogP contribution < -0.4 is 9.64 Å². The van der Waals surface area contributed by atoms with Crippen molar-refractivity contribution < 1.29 is 14.3 Å². The molecule has 2 amide bonds. The van der Waals surface area contributed by atoms with Gasteiger partial charge in [-0.3, -0.25) is 14.5 Å². The van der Waals surface area contributed by atoms with Gasteiger partial charge in [0.1, 0.15) is 12.3 Å². The summed E-state index contributed by atoms with van der Waals surface area (Å²) in [6, 6.07) is 5.92. The van der Waals surface area contributed by atoms with Crippen LogP contribution in [0.5, 0.6) is 5.75 Å². The summed E-state index contributed by atoms with van der Waals surface area (Å²) < 4.78 is 6.39. The maximum Gasteiger partial charge on any atom is 0.265 e. The van der Waals surface area contributed by atoms with Gasteiger partial charge in [-0.15, -0.1) is 0 Å². The highest BCUT2D eigenvalue weighted by molar-refractivity contribution is 9.10. The van der Waals surface area contributed by atoms with Crippen LogP contribution >= 0.6 is 15.9 Å². The molecule has 0 bridgehead atoms. The number of benzene rings is 1. The van der Waals surface area contributed by atoms with E-state index < -0.39 is 0 Å². The van der Waals surface area contributed by atoms with Gasteiger partial charge in [-0.05, 0) is 43.4 Å². The first-order chi connectivity index (χ1) is 11.6. The summed E-state index contributed by atoms with van der Waals surface area (Å²) in [5.41, 5.74) is 0.683. The molecule has 3 aliphatic rings. The summed E-state index contributed by atoms with van der Waals surface area (Å²) >= 11 is 3.41. The Labute approximate surface area is 150 Å². The monoisotopic (exact) mass is 392 g/mol. The molecule has 1 saturated heterocycles. The van der Waals surface area contributed by atoms with E-state index in [2.05, 4.69) is 15.9 Å². The molecular formula is C18H21BrN2O3. The highest BCUT2D eigenvalue weighted by Gasteiger charge is 2.39. The van der Waals surface area contributed by atoms with Crippen molar-refractivity contribution in [2.75, 3.05) is 24.6 Å². The second kappa shape index (κ2) is 6.39. The normalized spacial score (nSPS) is 26.0. The first kappa shape index (κ1) is 15.9. The van der Waals surface area contributed by atoms with E-state index >= 15 is 0 Å². The first-order valence-electron chi connectivity index (χ1n) is 8.65. The van der Waals surface area contributed by atoms with Gasteiger partial charge < -0.3 is 9.64 Å². The van der Waals surface area contributed by atoms with Crippen molar-refractivity contribution in [2.24, 2.45) is 5.92 Å². The Morgan fingerprint density at radius 2 is 2.08 bits per heavy atom. The van der Waals surface area contributed by atoms with E-state index in [9.17, 15) is 9.59 Å². The minimum Gasteiger partial charge on any atom is -0.482 e. The highest BCUT2D eigenvalue weighted by Crippen LogP contribution is 2.37. The van der Waals surface area contributed by atoms with Crippen molar-refractivity contribution in [3.05, 3.63) is 22.7 Å². The molecule has 0 spiro atoms. The minimum atomic E-state index is -0.155.